The molecule has 7 atom stereocenters. The first-order chi connectivity index (χ1) is 19.4. The molecule has 0 aromatic carbocycles. The summed E-state index contributed by atoms with van der Waals surface area (Å²) in [6.45, 7) is 19.2. The molecule has 0 fully saturated rings. The van der Waals surface area contributed by atoms with Gasteiger partial charge in [0.05, 0.1) is 0 Å². The molecule has 2 heterocycles. The van der Waals surface area contributed by atoms with Crippen LogP contribution in [0.4, 0.5) is 0 Å². The maximum absolute atomic E-state index is 13.2. The third kappa shape index (κ3) is 8.43. The highest BCUT2D eigenvalue weighted by Crippen LogP contribution is 2.44. The van der Waals surface area contributed by atoms with Crippen molar-refractivity contribution in [3.63, 3.8) is 0 Å². The molecular formula is C31H57N3O4S3. The van der Waals surface area contributed by atoms with Gasteiger partial charge in [0.15, 0.2) is 0 Å². The summed E-state index contributed by atoms with van der Waals surface area (Å²) in [5.74, 6) is 3.95. The molecule has 1 aromatic heterocycles. The van der Waals surface area contributed by atoms with E-state index < -0.39 is 20.0 Å². The number of hydrogen-bond acceptors (Lipinski definition) is 6. The van der Waals surface area contributed by atoms with Crippen LogP contribution < -0.4 is 5.32 Å². The Hall–Kier alpha value is -0.810. The highest BCUT2D eigenvalue weighted by atomic mass is 32.3. The van der Waals surface area contributed by atoms with Crippen molar-refractivity contribution in [2.45, 2.75) is 121 Å². The number of rotatable bonds is 18. The number of thiophene rings is 1. The average molecular weight is 632 g/mol. The molecule has 238 valence electrons. The van der Waals surface area contributed by atoms with Gasteiger partial charge >= 0.3 is 0 Å². The molecule has 1 N–H and O–H groups in total. The van der Waals surface area contributed by atoms with Crippen LogP contribution in [-0.2, 0) is 20.0 Å². The van der Waals surface area contributed by atoms with E-state index in [1.54, 1.807) is 0 Å². The molecule has 7 nitrogen and oxygen atoms in total. The SMILES string of the molecule is CCN[C@H]1CN(C)S(=O)(=O)c2sc(S(=O)(=O)N=CCCC(CC)C(CC)C(CC)C(CC)C(CC)C(C)CC)cc21. The molecule has 41 heavy (non-hydrogen) atoms. The maximum Gasteiger partial charge on any atom is 0.291 e. The molecule has 1 aliphatic heterocycles. The van der Waals surface area contributed by atoms with E-state index >= 15 is 0 Å². The van der Waals surface area contributed by atoms with Crippen molar-refractivity contribution >= 4 is 37.6 Å². The van der Waals surface area contributed by atoms with Crippen LogP contribution in [-0.4, -0.2) is 47.5 Å². The Kier molecular flexibility index (Phi) is 14.5. The van der Waals surface area contributed by atoms with E-state index in [2.05, 4.69) is 58.2 Å². The zero-order chi connectivity index (χ0) is 31.0. The lowest BCUT2D eigenvalue weighted by Crippen LogP contribution is -2.40. The maximum atomic E-state index is 13.2. The van der Waals surface area contributed by atoms with Crippen LogP contribution in [0.1, 0.15) is 118 Å². The monoisotopic (exact) mass is 631 g/mol. The van der Waals surface area contributed by atoms with Crippen LogP contribution >= 0.6 is 11.3 Å². The van der Waals surface area contributed by atoms with E-state index in [-0.39, 0.29) is 21.0 Å². The minimum Gasteiger partial charge on any atom is -0.309 e. The third-order valence-corrected chi connectivity index (χ3v) is 15.0. The van der Waals surface area contributed by atoms with Crippen molar-refractivity contribution in [1.29, 1.82) is 0 Å². The van der Waals surface area contributed by atoms with Crippen LogP contribution in [0.2, 0.25) is 0 Å². The van der Waals surface area contributed by atoms with Crippen molar-refractivity contribution in [3.05, 3.63) is 11.6 Å². The van der Waals surface area contributed by atoms with Crippen LogP contribution in [0, 0.1) is 35.5 Å². The summed E-state index contributed by atoms with van der Waals surface area (Å²) in [4.78, 5) is 0. The molecule has 1 aromatic rings. The summed E-state index contributed by atoms with van der Waals surface area (Å²) >= 11 is 0.810. The number of hydrogen-bond donors (Lipinski definition) is 1. The lowest BCUT2D eigenvalue weighted by Gasteiger charge is -2.42. The Morgan fingerprint density at radius 3 is 2.07 bits per heavy atom. The minimum absolute atomic E-state index is 0.00788. The summed E-state index contributed by atoms with van der Waals surface area (Å²) in [7, 11) is -6.15. The van der Waals surface area contributed by atoms with Crippen molar-refractivity contribution < 1.29 is 16.8 Å². The summed E-state index contributed by atoms with van der Waals surface area (Å²) in [5.41, 5.74) is 0.527. The fourth-order valence-corrected chi connectivity index (χ4v) is 12.0. The van der Waals surface area contributed by atoms with Gasteiger partial charge < -0.3 is 5.32 Å². The first kappa shape index (κ1) is 36.4. The third-order valence-electron chi connectivity index (χ3n) is 9.79. The molecule has 6 unspecified atom stereocenters. The molecule has 0 saturated heterocycles. The van der Waals surface area contributed by atoms with Gasteiger partial charge in [0.2, 0.25) is 0 Å². The minimum atomic E-state index is -3.98. The van der Waals surface area contributed by atoms with E-state index in [9.17, 15) is 16.8 Å². The Morgan fingerprint density at radius 1 is 0.976 bits per heavy atom. The number of likely N-dealkylation sites (N-methyl/N-ethyl adjacent to an activating group) is 2. The summed E-state index contributed by atoms with van der Waals surface area (Å²) in [6, 6.07) is 1.26. The predicted octanol–water partition coefficient (Wildman–Crippen LogP) is 7.75. The van der Waals surface area contributed by atoms with Gasteiger partial charge in [0.1, 0.15) is 8.42 Å². The second kappa shape index (κ2) is 16.3. The first-order valence-electron chi connectivity index (χ1n) is 16.0. The van der Waals surface area contributed by atoms with Crippen LogP contribution in [0.5, 0.6) is 0 Å². The van der Waals surface area contributed by atoms with E-state index in [0.717, 1.165) is 42.4 Å². The zero-order valence-electron chi connectivity index (χ0n) is 27.0. The molecule has 0 bridgehead atoms. The molecule has 0 radical (unpaired) electrons. The molecule has 0 amide bonds. The van der Waals surface area contributed by atoms with E-state index in [1.165, 1.54) is 49.3 Å². The van der Waals surface area contributed by atoms with Crippen LogP contribution in [0.25, 0.3) is 0 Å². The molecule has 0 aliphatic carbocycles. The molecule has 0 saturated carbocycles. The number of nitrogens with one attached hydrogen (secondary N) is 1. The first-order valence-corrected chi connectivity index (χ1v) is 19.7. The van der Waals surface area contributed by atoms with Gasteiger partial charge in [0.25, 0.3) is 20.0 Å². The number of sulfonamides is 2. The number of nitrogens with zero attached hydrogens (tertiary/aromatic N) is 2. The molecule has 0 spiro atoms. The molecule has 2 rings (SSSR count). The highest BCUT2D eigenvalue weighted by Gasteiger charge is 2.39. The summed E-state index contributed by atoms with van der Waals surface area (Å²) in [5, 5.41) is 3.27. The predicted molar refractivity (Wildman–Crippen MR) is 174 cm³/mol. The van der Waals surface area contributed by atoms with Crippen molar-refractivity contribution in [2.24, 2.45) is 39.9 Å². The largest absolute Gasteiger partial charge is 0.309 e. The van der Waals surface area contributed by atoms with Gasteiger partial charge in [-0.2, -0.15) is 17.1 Å². The van der Waals surface area contributed by atoms with Gasteiger partial charge in [-0.3, -0.25) is 0 Å². The van der Waals surface area contributed by atoms with Gasteiger partial charge in [-0.05, 0) is 61.0 Å². The quantitative estimate of drug-likeness (QED) is 0.167. The number of fused-ring (bicyclic) bond motifs is 1. The fourth-order valence-electron chi connectivity index (χ4n) is 7.43. The topological polar surface area (TPSA) is 95.9 Å². The van der Waals surface area contributed by atoms with E-state index in [4.69, 9.17) is 0 Å². The van der Waals surface area contributed by atoms with Gasteiger partial charge in [0, 0.05) is 31.4 Å². The average Bonchev–Trinajstić information content (AvgIpc) is 3.42. The Labute approximate surface area is 256 Å². The van der Waals surface area contributed by atoms with E-state index in [0.29, 0.717) is 42.2 Å². The van der Waals surface area contributed by atoms with Crippen molar-refractivity contribution in [2.75, 3.05) is 20.1 Å². The van der Waals surface area contributed by atoms with Crippen molar-refractivity contribution in [3.8, 4) is 0 Å². The van der Waals surface area contributed by atoms with Gasteiger partial charge in [-0.1, -0.05) is 93.9 Å². The normalized spacial score (nSPS) is 22.2. The second-order valence-electron chi connectivity index (χ2n) is 11.9. The zero-order valence-corrected chi connectivity index (χ0v) is 29.5. The highest BCUT2D eigenvalue weighted by molar-refractivity contribution is 7.94. The van der Waals surface area contributed by atoms with Gasteiger partial charge in [-0.25, -0.2) is 8.42 Å². The van der Waals surface area contributed by atoms with Crippen LogP contribution in [0.3, 0.4) is 0 Å². The molecule has 1 aliphatic rings. The Balaban J connectivity index is 2.22. The molecule has 10 heteroatoms. The summed E-state index contributed by atoms with van der Waals surface area (Å²) < 4.78 is 57.5. The smallest absolute Gasteiger partial charge is 0.291 e. The van der Waals surface area contributed by atoms with E-state index in [1.807, 2.05) is 6.92 Å². The Bertz CT molecular complexity index is 1180. The van der Waals surface area contributed by atoms with Crippen LogP contribution in [0.15, 0.2) is 18.9 Å². The van der Waals surface area contributed by atoms with Gasteiger partial charge in [-0.15, -0.1) is 11.3 Å². The standard InChI is InChI=1S/C31H57N3O4S3/c1-10-22(8)24(12-3)26(14-5)27(15-6)25(13-4)23(11-2)18-17-19-33-40(35,36)30-20-28-29(32-16-7)21-34(9)41(37,38)31(28)39-30/h19-20,22-27,29,32H,10-18,21H2,1-9H3/t22?,23?,24?,25?,26?,27?,29-/m0/s1. The lowest BCUT2D eigenvalue weighted by atomic mass is 9.63. The van der Waals surface area contributed by atoms with Crippen molar-refractivity contribution in [1.82, 2.24) is 9.62 Å². The Morgan fingerprint density at radius 2 is 1.56 bits per heavy atom. The fraction of sp³-hybridized carbons (Fsp3) is 0.839. The molecular weight excluding hydrogens is 575 g/mol. The lowest BCUT2D eigenvalue weighted by molar-refractivity contribution is 0.0731. The summed E-state index contributed by atoms with van der Waals surface area (Å²) in [6.07, 6.45) is 10.1. The second-order valence-corrected chi connectivity index (χ2v) is 17.0.